The molecule has 1 N–H and O–H groups in total. The van der Waals surface area contributed by atoms with Gasteiger partial charge in [0.05, 0.1) is 22.2 Å². The van der Waals surface area contributed by atoms with Gasteiger partial charge in [-0.05, 0) is 54.2 Å². The van der Waals surface area contributed by atoms with Crippen LogP contribution in [0.4, 0.5) is 0 Å². The number of ether oxygens (including phenoxy) is 2. The summed E-state index contributed by atoms with van der Waals surface area (Å²) in [4.78, 5) is 15.8. The van der Waals surface area contributed by atoms with Gasteiger partial charge < -0.3 is 19.0 Å². The summed E-state index contributed by atoms with van der Waals surface area (Å²) >= 11 is 1.49. The number of carbonyl (C=O) groups is 1. The molecule has 7 heteroatoms. The van der Waals surface area contributed by atoms with Crippen LogP contribution in [0.5, 0.6) is 5.75 Å². The number of fused-ring (bicyclic) bond motifs is 1. The van der Waals surface area contributed by atoms with E-state index in [4.69, 9.17) is 16.6 Å². The number of thiophene rings is 1. The van der Waals surface area contributed by atoms with Gasteiger partial charge in [0, 0.05) is 22.1 Å². The lowest BCUT2D eigenvalue weighted by atomic mass is 10.1. The Morgan fingerprint density at radius 1 is 1.29 bits per heavy atom. The first-order valence-corrected chi connectivity index (χ1v) is 10.4. The number of nitrogens with zero attached hydrogens (tertiary/aromatic N) is 1. The lowest BCUT2D eigenvalue weighted by Gasteiger charge is -2.09. The van der Waals surface area contributed by atoms with Gasteiger partial charge in [-0.25, -0.2) is 9.78 Å². The first kappa shape index (κ1) is 18.2. The normalized spacial score (nSPS) is 12.5. The number of oxazole rings is 1. The van der Waals surface area contributed by atoms with Crippen LogP contribution in [0.3, 0.4) is 0 Å². The summed E-state index contributed by atoms with van der Waals surface area (Å²) in [5, 5.41) is 12.0. The molecule has 0 amide bonds. The van der Waals surface area contributed by atoms with Crippen LogP contribution in [-0.2, 0) is 16.0 Å². The van der Waals surface area contributed by atoms with Gasteiger partial charge in [0.15, 0.2) is 0 Å². The third-order valence-electron chi connectivity index (χ3n) is 4.68. The zero-order valence-corrected chi connectivity index (χ0v) is 17.8. The topological polar surface area (TPSA) is 81.8 Å². The number of carboxylic acid groups (broad SMARTS) is 1. The number of aliphatic carboxylic acids is 1. The Hall–Kier alpha value is -3.58. The quantitative estimate of drug-likeness (QED) is 0.287. The van der Waals surface area contributed by atoms with Gasteiger partial charge >= 0.3 is 5.97 Å². The van der Waals surface area contributed by atoms with Crippen LogP contribution in [0.15, 0.2) is 64.0 Å². The molecule has 2 aromatic heterocycles. The van der Waals surface area contributed by atoms with E-state index in [9.17, 15) is 9.90 Å². The Bertz CT molecular complexity index is 1340. The molecule has 0 aliphatic rings. The van der Waals surface area contributed by atoms with Crippen molar-refractivity contribution in [1.82, 2.24) is 4.98 Å². The standard InChI is InChI=1S/C24H21NO5S/c1-15-19(25-23(30-15)16-6-4-3-5-7-16)10-12-29-20-9-8-17(14-21(28-2)24(26)27)22-18(20)11-13-31-22/h3-9,11,13-14H,10,12H2,1-2H3,(H,26,27)/b21-14-/i6D,7D. The summed E-state index contributed by atoms with van der Waals surface area (Å²) in [5.41, 5.74) is 1.82. The summed E-state index contributed by atoms with van der Waals surface area (Å²) in [6, 6.07) is 10.8. The molecule has 0 unspecified atom stereocenters. The van der Waals surface area contributed by atoms with E-state index in [1.807, 2.05) is 11.4 Å². The molecule has 0 fully saturated rings. The van der Waals surface area contributed by atoms with E-state index in [2.05, 4.69) is 4.98 Å². The molecule has 158 valence electrons. The SMILES string of the molecule is [2H]c1cccc([2H])c1-c1nc(CCOc2ccc(/C=C(\OC)C(=O)O)c3sccc23)c(C)o1. The molecule has 0 bridgehead atoms. The van der Waals surface area contributed by atoms with Gasteiger partial charge in [-0.2, -0.15) is 0 Å². The number of aryl methyl sites for hydroxylation is 1. The highest BCUT2D eigenvalue weighted by Gasteiger charge is 2.14. The van der Waals surface area contributed by atoms with Gasteiger partial charge in [-0.3, -0.25) is 0 Å². The minimum atomic E-state index is -1.13. The summed E-state index contributed by atoms with van der Waals surface area (Å²) < 4.78 is 33.7. The molecule has 2 aromatic carbocycles. The van der Waals surface area contributed by atoms with Crippen molar-refractivity contribution in [2.24, 2.45) is 0 Å². The molecule has 0 aliphatic heterocycles. The van der Waals surface area contributed by atoms with Gasteiger partial charge in [0.2, 0.25) is 11.6 Å². The van der Waals surface area contributed by atoms with Crippen molar-refractivity contribution in [3.63, 3.8) is 0 Å². The van der Waals surface area contributed by atoms with E-state index in [-0.39, 0.29) is 23.7 Å². The lowest BCUT2D eigenvalue weighted by Crippen LogP contribution is -2.03. The van der Waals surface area contributed by atoms with Gasteiger partial charge in [-0.15, -0.1) is 11.3 Å². The second kappa shape index (κ2) is 9.06. The summed E-state index contributed by atoms with van der Waals surface area (Å²) in [7, 11) is 1.33. The van der Waals surface area contributed by atoms with E-state index in [1.165, 1.54) is 24.5 Å². The number of methoxy groups -OCH3 is 1. The zero-order valence-electron chi connectivity index (χ0n) is 19.0. The van der Waals surface area contributed by atoms with Crippen molar-refractivity contribution >= 4 is 33.5 Å². The fourth-order valence-electron chi connectivity index (χ4n) is 3.15. The second-order valence-electron chi connectivity index (χ2n) is 6.64. The van der Waals surface area contributed by atoms with E-state index in [0.717, 1.165) is 15.6 Å². The maximum atomic E-state index is 11.3. The number of rotatable bonds is 8. The minimum Gasteiger partial charge on any atom is -0.493 e. The molecular weight excluding hydrogens is 414 g/mol. The molecular formula is C24H21NO5S. The van der Waals surface area contributed by atoms with Crippen molar-refractivity contribution in [2.45, 2.75) is 13.3 Å². The second-order valence-corrected chi connectivity index (χ2v) is 7.56. The van der Waals surface area contributed by atoms with Crippen LogP contribution in [0.1, 0.15) is 19.8 Å². The molecule has 0 radical (unpaired) electrons. The third-order valence-corrected chi connectivity index (χ3v) is 5.64. The lowest BCUT2D eigenvalue weighted by molar-refractivity contribution is -0.135. The molecule has 0 aliphatic carbocycles. The molecule has 0 spiro atoms. The van der Waals surface area contributed by atoms with Crippen molar-refractivity contribution in [3.05, 3.63) is 76.6 Å². The number of aromatic nitrogens is 1. The van der Waals surface area contributed by atoms with Crippen molar-refractivity contribution in [2.75, 3.05) is 13.7 Å². The molecule has 0 saturated carbocycles. The predicted octanol–water partition coefficient (Wildman–Crippen LogP) is 5.56. The highest BCUT2D eigenvalue weighted by Crippen LogP contribution is 2.34. The van der Waals surface area contributed by atoms with E-state index in [1.54, 1.807) is 37.3 Å². The molecule has 0 saturated heterocycles. The first-order chi connectivity index (χ1) is 15.9. The van der Waals surface area contributed by atoms with Gasteiger partial charge in [-0.1, -0.05) is 18.2 Å². The van der Waals surface area contributed by atoms with Gasteiger partial charge in [0.25, 0.3) is 0 Å². The van der Waals surface area contributed by atoms with Crippen molar-refractivity contribution in [1.29, 1.82) is 0 Å². The molecule has 4 aromatic rings. The third kappa shape index (κ3) is 4.46. The molecule has 4 rings (SSSR count). The van der Waals surface area contributed by atoms with Crippen molar-refractivity contribution in [3.8, 4) is 17.2 Å². The fourth-order valence-corrected chi connectivity index (χ4v) is 4.05. The van der Waals surface area contributed by atoms with E-state index >= 15 is 0 Å². The number of carboxylic acids is 1. The van der Waals surface area contributed by atoms with Crippen LogP contribution in [0, 0.1) is 6.92 Å². The Labute approximate surface area is 186 Å². The minimum absolute atomic E-state index is 0.138. The average molecular weight is 438 g/mol. The number of hydrogen-bond donors (Lipinski definition) is 1. The summed E-state index contributed by atoms with van der Waals surface area (Å²) in [6.45, 7) is 2.15. The maximum Gasteiger partial charge on any atom is 0.371 e. The number of hydrogen-bond acceptors (Lipinski definition) is 6. The molecule has 6 nitrogen and oxygen atoms in total. The summed E-state index contributed by atoms with van der Waals surface area (Å²) in [5.74, 6) is 0.306. The largest absolute Gasteiger partial charge is 0.493 e. The Morgan fingerprint density at radius 2 is 2.10 bits per heavy atom. The summed E-state index contributed by atoms with van der Waals surface area (Å²) in [6.07, 6.45) is 1.99. The Balaban J connectivity index is 1.52. The highest BCUT2D eigenvalue weighted by atomic mass is 32.1. The van der Waals surface area contributed by atoms with Crippen LogP contribution < -0.4 is 4.74 Å². The Kier molecular flexibility index (Phi) is 5.32. The molecule has 31 heavy (non-hydrogen) atoms. The van der Waals surface area contributed by atoms with E-state index in [0.29, 0.717) is 35.8 Å². The zero-order chi connectivity index (χ0) is 23.5. The van der Waals surface area contributed by atoms with Gasteiger partial charge in [0.1, 0.15) is 11.5 Å². The van der Waals surface area contributed by atoms with Crippen LogP contribution >= 0.6 is 11.3 Å². The molecule has 2 heterocycles. The first-order valence-electron chi connectivity index (χ1n) is 10.5. The van der Waals surface area contributed by atoms with Crippen LogP contribution in [-0.4, -0.2) is 29.8 Å². The van der Waals surface area contributed by atoms with Crippen LogP contribution in [0.2, 0.25) is 0 Å². The average Bonchev–Trinajstić information content (AvgIpc) is 3.40. The van der Waals surface area contributed by atoms with Crippen molar-refractivity contribution < 1.29 is 26.5 Å². The maximum absolute atomic E-state index is 11.3. The smallest absolute Gasteiger partial charge is 0.371 e. The highest BCUT2D eigenvalue weighted by molar-refractivity contribution is 7.17. The fraction of sp³-hybridized carbons (Fsp3) is 0.167. The van der Waals surface area contributed by atoms with Crippen LogP contribution in [0.25, 0.3) is 27.6 Å². The predicted molar refractivity (Wildman–Crippen MR) is 120 cm³/mol. The Morgan fingerprint density at radius 3 is 2.84 bits per heavy atom. The number of benzene rings is 2. The molecule has 0 atom stereocenters. The van der Waals surface area contributed by atoms with E-state index < -0.39 is 5.97 Å². The monoisotopic (exact) mass is 437 g/mol.